The fourth-order valence-corrected chi connectivity index (χ4v) is 8.75. The fourth-order valence-electron chi connectivity index (χ4n) is 8.75. The van der Waals surface area contributed by atoms with E-state index >= 15 is 8.78 Å². The molecule has 3 N–H and O–H groups in total. The lowest BCUT2D eigenvalue weighted by Gasteiger charge is -2.42. The summed E-state index contributed by atoms with van der Waals surface area (Å²) in [5.74, 6) is -2.30. The first-order valence-corrected chi connectivity index (χ1v) is 16.2. The van der Waals surface area contributed by atoms with Gasteiger partial charge in [-0.3, -0.25) is 4.90 Å². The third-order valence-electron chi connectivity index (χ3n) is 11.0. The van der Waals surface area contributed by atoms with Gasteiger partial charge in [0.05, 0.1) is 22.4 Å². The third-order valence-corrected chi connectivity index (χ3v) is 11.0. The number of rotatable bonds is 6. The number of halogens is 7. The minimum atomic E-state index is -4.99. The van der Waals surface area contributed by atoms with E-state index in [2.05, 4.69) is 20.3 Å². The molecule has 0 radical (unpaired) electrons. The number of hydrogen-bond acceptors (Lipinski definition) is 8. The molecule has 5 fully saturated rings. The molecule has 1 saturated carbocycles. The molecule has 8 rings (SSSR count). The summed E-state index contributed by atoms with van der Waals surface area (Å²) in [6.07, 6.45) is -1.22. The number of ether oxygens (including phenoxy) is 1. The van der Waals surface area contributed by atoms with Crippen LogP contribution in [0.1, 0.15) is 56.1 Å². The molecule has 5 aliphatic rings. The van der Waals surface area contributed by atoms with Gasteiger partial charge in [0.2, 0.25) is 0 Å². The number of nitrogens with two attached hydrogens (primary N) is 1. The van der Waals surface area contributed by atoms with E-state index in [1.165, 1.54) is 0 Å². The monoisotopic (exact) mass is 677 g/mol. The molecule has 4 saturated heterocycles. The van der Waals surface area contributed by atoms with Crippen molar-refractivity contribution < 1.29 is 35.5 Å². The maximum Gasteiger partial charge on any atom is 0.418 e. The number of fused-ring (bicyclic) bond motifs is 4. The second kappa shape index (κ2) is 10.9. The van der Waals surface area contributed by atoms with E-state index in [0.717, 1.165) is 51.2 Å². The number of pyridine rings is 1. The number of nitrogen functional groups attached to an aromatic ring is 1. The lowest BCUT2D eigenvalue weighted by molar-refractivity contribution is -0.137. The molecule has 1 aromatic carbocycles. The number of benzene rings is 1. The third kappa shape index (κ3) is 5.06. The number of piperazine rings is 1. The summed E-state index contributed by atoms with van der Waals surface area (Å²) in [5.41, 5.74) is 0.826. The number of anilines is 2. The minimum absolute atomic E-state index is 0.0197. The second-order valence-corrected chi connectivity index (χ2v) is 14.1. The lowest BCUT2D eigenvalue weighted by Crippen LogP contribution is -2.61. The standard InChI is InChI=1S/C33H34F7N7O/c1-16-9-22(41)42-27(24(16)33(38,39)40)23-21(34)10-20-26(25(23)35)43-30(48-15-31-6-2-8-47(31)12-17(11-31)28(36)37)44-29(20)46-13-19-5-7-32(14-46,45-19)18-3-4-18/h9-10,18-19,45H,2-8,11-15H2,1H3,(H2,41,42)/t19-,31-,32+/m0/s1. The van der Waals surface area contributed by atoms with Gasteiger partial charge >= 0.3 is 12.2 Å². The van der Waals surface area contributed by atoms with Gasteiger partial charge in [-0.05, 0) is 82.0 Å². The number of alkyl halides is 3. The highest BCUT2D eigenvalue weighted by atomic mass is 19.4. The molecule has 3 aromatic rings. The van der Waals surface area contributed by atoms with Crippen LogP contribution in [0.4, 0.5) is 42.4 Å². The summed E-state index contributed by atoms with van der Waals surface area (Å²) in [7, 11) is 0. The first-order chi connectivity index (χ1) is 22.8. The van der Waals surface area contributed by atoms with Gasteiger partial charge in [-0.25, -0.2) is 13.8 Å². The van der Waals surface area contributed by atoms with Gasteiger partial charge in [0, 0.05) is 42.2 Å². The summed E-state index contributed by atoms with van der Waals surface area (Å²) in [5, 5.41) is 3.73. The van der Waals surface area contributed by atoms with Crippen LogP contribution < -0.4 is 20.7 Å². The predicted octanol–water partition coefficient (Wildman–Crippen LogP) is 6.37. The Labute approximate surface area is 271 Å². The van der Waals surface area contributed by atoms with Gasteiger partial charge in [-0.1, -0.05) is 0 Å². The Morgan fingerprint density at radius 2 is 1.90 bits per heavy atom. The Kier molecular flexibility index (Phi) is 7.16. The smallest absolute Gasteiger partial charge is 0.418 e. The molecular formula is C33H34F7N7O. The zero-order valence-electron chi connectivity index (χ0n) is 26.2. The molecule has 2 bridgehead atoms. The van der Waals surface area contributed by atoms with Crippen molar-refractivity contribution >= 4 is 22.5 Å². The highest BCUT2D eigenvalue weighted by Gasteiger charge is 2.53. The van der Waals surface area contributed by atoms with E-state index in [4.69, 9.17) is 10.5 Å². The van der Waals surface area contributed by atoms with Crippen molar-refractivity contribution in [2.24, 2.45) is 5.92 Å². The molecule has 8 nitrogen and oxygen atoms in total. The zero-order valence-corrected chi connectivity index (χ0v) is 26.2. The molecule has 3 atom stereocenters. The normalized spacial score (nSPS) is 27.3. The molecule has 48 heavy (non-hydrogen) atoms. The van der Waals surface area contributed by atoms with E-state index < -0.39 is 51.8 Å². The largest absolute Gasteiger partial charge is 0.461 e. The molecule has 15 heteroatoms. The van der Waals surface area contributed by atoms with Crippen LogP contribution in [0.5, 0.6) is 6.01 Å². The van der Waals surface area contributed by atoms with Gasteiger partial charge in [-0.15, -0.1) is 0 Å². The van der Waals surface area contributed by atoms with Crippen LogP contribution in [-0.4, -0.2) is 69.8 Å². The fraction of sp³-hybridized carbons (Fsp3) is 0.545. The maximum atomic E-state index is 16.7. The molecule has 2 aromatic heterocycles. The topological polar surface area (TPSA) is 92.4 Å². The van der Waals surface area contributed by atoms with E-state index in [1.54, 1.807) is 0 Å². The molecular weight excluding hydrogens is 643 g/mol. The van der Waals surface area contributed by atoms with Crippen LogP contribution in [0.15, 0.2) is 23.8 Å². The van der Waals surface area contributed by atoms with Crippen molar-refractivity contribution in [3.8, 4) is 17.3 Å². The van der Waals surface area contributed by atoms with Gasteiger partial charge < -0.3 is 20.7 Å². The summed E-state index contributed by atoms with van der Waals surface area (Å²) in [6, 6.07) is 1.79. The Morgan fingerprint density at radius 3 is 2.62 bits per heavy atom. The van der Waals surface area contributed by atoms with E-state index in [0.29, 0.717) is 32.0 Å². The van der Waals surface area contributed by atoms with Crippen molar-refractivity contribution in [3.63, 3.8) is 0 Å². The van der Waals surface area contributed by atoms with Crippen LogP contribution >= 0.6 is 0 Å². The maximum absolute atomic E-state index is 16.7. The molecule has 0 amide bonds. The Balaban J connectivity index is 1.27. The summed E-state index contributed by atoms with van der Waals surface area (Å²) >= 11 is 0. The van der Waals surface area contributed by atoms with Crippen LogP contribution in [0.2, 0.25) is 0 Å². The Bertz CT molecular complexity index is 1860. The summed E-state index contributed by atoms with van der Waals surface area (Å²) < 4.78 is 109. The van der Waals surface area contributed by atoms with Crippen molar-refractivity contribution in [2.45, 2.75) is 75.2 Å². The minimum Gasteiger partial charge on any atom is -0.461 e. The van der Waals surface area contributed by atoms with Gasteiger partial charge in [0.1, 0.15) is 29.6 Å². The second-order valence-electron chi connectivity index (χ2n) is 14.1. The van der Waals surface area contributed by atoms with Gasteiger partial charge in [-0.2, -0.15) is 31.9 Å². The van der Waals surface area contributed by atoms with Crippen LogP contribution in [-0.2, 0) is 6.18 Å². The van der Waals surface area contributed by atoms with Gasteiger partial charge in [0.15, 0.2) is 5.82 Å². The summed E-state index contributed by atoms with van der Waals surface area (Å²) in [6.45, 7) is 2.81. The van der Waals surface area contributed by atoms with Gasteiger partial charge in [0.25, 0.3) is 6.08 Å². The molecule has 4 aliphatic heterocycles. The first kappa shape index (κ1) is 31.5. The van der Waals surface area contributed by atoms with Crippen molar-refractivity contribution in [3.05, 3.63) is 46.5 Å². The molecule has 6 heterocycles. The van der Waals surface area contributed by atoms with Crippen molar-refractivity contribution in [1.29, 1.82) is 0 Å². The number of aromatic nitrogens is 3. The average Bonchev–Trinajstić information content (AvgIpc) is 3.61. The molecule has 0 spiro atoms. The predicted molar refractivity (Wildman–Crippen MR) is 164 cm³/mol. The lowest BCUT2D eigenvalue weighted by atomic mass is 9.90. The average molecular weight is 678 g/mol. The Hall–Kier alpha value is -3.72. The van der Waals surface area contributed by atoms with Crippen LogP contribution in [0, 0.1) is 24.5 Å². The number of nitrogens with zero attached hydrogens (tertiary/aromatic N) is 5. The number of hydrogen-bond donors (Lipinski definition) is 2. The van der Waals surface area contributed by atoms with Crippen LogP contribution in [0.3, 0.4) is 0 Å². The zero-order chi connectivity index (χ0) is 33.7. The summed E-state index contributed by atoms with van der Waals surface area (Å²) in [4.78, 5) is 16.6. The van der Waals surface area contributed by atoms with Crippen molar-refractivity contribution in [2.75, 3.05) is 43.4 Å². The quantitative estimate of drug-likeness (QED) is 0.291. The number of aryl methyl sites for hydroxylation is 1. The van der Waals surface area contributed by atoms with E-state index in [-0.39, 0.29) is 65.3 Å². The Morgan fingerprint density at radius 1 is 1.10 bits per heavy atom. The van der Waals surface area contributed by atoms with Crippen molar-refractivity contribution in [1.82, 2.24) is 25.2 Å². The van der Waals surface area contributed by atoms with Crippen LogP contribution in [0.25, 0.3) is 22.2 Å². The molecule has 256 valence electrons. The number of nitrogens with one attached hydrogen (secondary N) is 1. The molecule has 0 unspecified atom stereocenters. The highest BCUT2D eigenvalue weighted by Crippen LogP contribution is 2.49. The van der Waals surface area contributed by atoms with E-state index in [1.807, 2.05) is 9.80 Å². The first-order valence-electron chi connectivity index (χ1n) is 16.2. The SMILES string of the molecule is Cc1cc(N)nc(-c2c(F)cc3c(N4C[C@@H]5CC[C@](C6CC6)(C4)N5)nc(OC[C@@]45CCCN4CC(=C(F)F)C5)nc3c2F)c1C(F)(F)F. The highest BCUT2D eigenvalue weighted by molar-refractivity contribution is 5.94. The van der Waals surface area contributed by atoms with E-state index in [9.17, 15) is 22.0 Å². The molecule has 1 aliphatic carbocycles.